The van der Waals surface area contributed by atoms with Crippen LogP contribution in [0.4, 0.5) is 0 Å². The second kappa shape index (κ2) is 8.79. The number of aliphatic hydroxyl groups excluding tert-OH is 1. The van der Waals surface area contributed by atoms with E-state index >= 15 is 0 Å². The Hall–Kier alpha value is -1.24. The van der Waals surface area contributed by atoms with Crippen molar-refractivity contribution in [2.24, 2.45) is 5.73 Å². The molecule has 0 saturated heterocycles. The van der Waals surface area contributed by atoms with Gasteiger partial charge in [0.25, 0.3) is 5.91 Å². The van der Waals surface area contributed by atoms with Crippen molar-refractivity contribution in [1.29, 1.82) is 0 Å². The third-order valence-corrected chi connectivity index (χ3v) is 3.42. The number of amides is 1. The van der Waals surface area contributed by atoms with Gasteiger partial charge >= 0.3 is 0 Å². The Morgan fingerprint density at radius 1 is 1.47 bits per heavy atom. The molecule has 5 nitrogen and oxygen atoms in total. The molecule has 0 heterocycles. The SMILES string of the molecule is CCSCC[C@@H](N)[C@H](O)C(=O)NOc1ccccc1. The number of aliphatic hydroxyl groups is 1. The molecule has 1 rings (SSSR count). The molecule has 0 bridgehead atoms. The topological polar surface area (TPSA) is 84.6 Å². The molecule has 0 spiro atoms. The zero-order valence-electron chi connectivity index (χ0n) is 10.9. The highest BCUT2D eigenvalue weighted by Gasteiger charge is 2.23. The van der Waals surface area contributed by atoms with Gasteiger partial charge in [-0.2, -0.15) is 17.2 Å². The van der Waals surface area contributed by atoms with Gasteiger partial charge in [-0.1, -0.05) is 25.1 Å². The molecule has 1 aromatic carbocycles. The Morgan fingerprint density at radius 2 is 2.16 bits per heavy atom. The van der Waals surface area contributed by atoms with E-state index in [-0.39, 0.29) is 0 Å². The van der Waals surface area contributed by atoms with Crippen LogP contribution >= 0.6 is 11.8 Å². The van der Waals surface area contributed by atoms with Gasteiger partial charge in [0.1, 0.15) is 0 Å². The van der Waals surface area contributed by atoms with E-state index in [0.29, 0.717) is 12.2 Å². The quantitative estimate of drug-likeness (QED) is 0.488. The van der Waals surface area contributed by atoms with Crippen LogP contribution in [0.5, 0.6) is 5.75 Å². The first-order chi connectivity index (χ1) is 9.15. The van der Waals surface area contributed by atoms with E-state index in [1.54, 1.807) is 36.0 Å². The highest BCUT2D eigenvalue weighted by molar-refractivity contribution is 7.99. The van der Waals surface area contributed by atoms with Gasteiger partial charge in [0, 0.05) is 6.04 Å². The molecule has 0 fully saturated rings. The first-order valence-electron chi connectivity index (χ1n) is 6.18. The van der Waals surface area contributed by atoms with Crippen LogP contribution in [0.25, 0.3) is 0 Å². The highest BCUT2D eigenvalue weighted by atomic mass is 32.2. The van der Waals surface area contributed by atoms with Crippen molar-refractivity contribution in [3.05, 3.63) is 30.3 Å². The van der Waals surface area contributed by atoms with Crippen LogP contribution in [0, 0.1) is 0 Å². The van der Waals surface area contributed by atoms with Gasteiger partial charge in [-0.05, 0) is 30.1 Å². The number of hydroxylamine groups is 1. The minimum absolute atomic E-state index is 0.498. The fourth-order valence-electron chi connectivity index (χ4n) is 1.37. The van der Waals surface area contributed by atoms with Crippen LogP contribution in [0.3, 0.4) is 0 Å². The minimum Gasteiger partial charge on any atom is -0.381 e. The number of rotatable bonds is 8. The molecule has 0 saturated carbocycles. The summed E-state index contributed by atoms with van der Waals surface area (Å²) in [5.74, 6) is 1.68. The number of hydrogen-bond acceptors (Lipinski definition) is 5. The maximum atomic E-state index is 11.6. The van der Waals surface area contributed by atoms with Gasteiger partial charge < -0.3 is 15.7 Å². The molecule has 0 aromatic heterocycles. The molecule has 0 radical (unpaired) electrons. The summed E-state index contributed by atoms with van der Waals surface area (Å²) >= 11 is 1.72. The molecule has 1 aromatic rings. The van der Waals surface area contributed by atoms with Crippen LogP contribution in [0.1, 0.15) is 13.3 Å². The zero-order valence-corrected chi connectivity index (χ0v) is 11.7. The van der Waals surface area contributed by atoms with E-state index in [1.807, 2.05) is 13.0 Å². The number of benzene rings is 1. The van der Waals surface area contributed by atoms with E-state index in [1.165, 1.54) is 0 Å². The number of thioether (sulfide) groups is 1. The lowest BCUT2D eigenvalue weighted by Crippen LogP contribution is -2.47. The third-order valence-electron chi connectivity index (χ3n) is 2.49. The second-order valence-corrected chi connectivity index (χ2v) is 5.37. The van der Waals surface area contributed by atoms with Crippen molar-refractivity contribution < 1.29 is 14.7 Å². The van der Waals surface area contributed by atoms with Gasteiger partial charge in [-0.3, -0.25) is 4.79 Å². The molecular formula is C13H20N2O3S. The summed E-state index contributed by atoms with van der Waals surface area (Å²) in [7, 11) is 0. The lowest BCUT2D eigenvalue weighted by Gasteiger charge is -2.18. The number of nitrogens with one attached hydrogen (secondary N) is 1. The summed E-state index contributed by atoms with van der Waals surface area (Å²) in [4.78, 5) is 16.7. The summed E-state index contributed by atoms with van der Waals surface area (Å²) in [6.45, 7) is 2.05. The monoisotopic (exact) mass is 284 g/mol. The number of carbonyl (C=O) groups is 1. The predicted molar refractivity (Wildman–Crippen MR) is 76.8 cm³/mol. The molecule has 1 amide bonds. The summed E-state index contributed by atoms with van der Waals surface area (Å²) in [5.41, 5.74) is 7.94. The highest BCUT2D eigenvalue weighted by Crippen LogP contribution is 2.08. The molecule has 2 atom stereocenters. The Balaban J connectivity index is 2.31. The van der Waals surface area contributed by atoms with Crippen molar-refractivity contribution in [3.8, 4) is 5.75 Å². The average Bonchev–Trinajstić information content (AvgIpc) is 2.45. The Morgan fingerprint density at radius 3 is 2.79 bits per heavy atom. The van der Waals surface area contributed by atoms with Crippen LogP contribution in [0.15, 0.2) is 30.3 Å². The van der Waals surface area contributed by atoms with E-state index < -0.39 is 18.1 Å². The molecule has 0 aliphatic heterocycles. The van der Waals surface area contributed by atoms with Gasteiger partial charge in [0.05, 0.1) is 0 Å². The van der Waals surface area contributed by atoms with E-state index in [0.717, 1.165) is 11.5 Å². The van der Waals surface area contributed by atoms with Crippen LogP contribution in [-0.2, 0) is 4.79 Å². The van der Waals surface area contributed by atoms with Crippen molar-refractivity contribution in [3.63, 3.8) is 0 Å². The predicted octanol–water partition coefficient (Wildman–Crippen LogP) is 0.928. The number of para-hydroxylation sites is 1. The van der Waals surface area contributed by atoms with Crippen LogP contribution in [-0.4, -0.2) is 34.7 Å². The Kier molecular flexibility index (Phi) is 7.32. The Labute approximate surface area is 117 Å². The fraction of sp³-hybridized carbons (Fsp3) is 0.462. The van der Waals surface area contributed by atoms with Crippen molar-refractivity contribution in [1.82, 2.24) is 5.48 Å². The van der Waals surface area contributed by atoms with Crippen LogP contribution in [0.2, 0.25) is 0 Å². The number of hydrogen-bond donors (Lipinski definition) is 3. The van der Waals surface area contributed by atoms with Gasteiger partial charge in [-0.25, -0.2) is 0 Å². The van der Waals surface area contributed by atoms with Crippen LogP contribution < -0.4 is 16.1 Å². The normalized spacial score (nSPS) is 13.6. The molecule has 4 N–H and O–H groups in total. The largest absolute Gasteiger partial charge is 0.381 e. The van der Waals surface area contributed by atoms with Crippen molar-refractivity contribution >= 4 is 17.7 Å². The van der Waals surface area contributed by atoms with Crippen molar-refractivity contribution in [2.45, 2.75) is 25.5 Å². The van der Waals surface area contributed by atoms with E-state index in [4.69, 9.17) is 10.6 Å². The molecule has 106 valence electrons. The first kappa shape index (κ1) is 15.8. The van der Waals surface area contributed by atoms with Gasteiger partial charge in [-0.15, -0.1) is 0 Å². The molecule has 6 heteroatoms. The van der Waals surface area contributed by atoms with Gasteiger partial charge in [0.15, 0.2) is 11.9 Å². The maximum Gasteiger partial charge on any atom is 0.282 e. The summed E-state index contributed by atoms with van der Waals surface area (Å²) < 4.78 is 0. The average molecular weight is 284 g/mol. The minimum atomic E-state index is -1.26. The Bertz CT molecular complexity index is 375. The van der Waals surface area contributed by atoms with E-state index in [2.05, 4.69) is 5.48 Å². The first-order valence-corrected chi connectivity index (χ1v) is 7.33. The van der Waals surface area contributed by atoms with E-state index in [9.17, 15) is 9.90 Å². The summed E-state index contributed by atoms with van der Waals surface area (Å²) in [5, 5.41) is 9.74. The molecule has 0 aliphatic carbocycles. The third kappa shape index (κ3) is 5.96. The standard InChI is InChI=1S/C13H20N2O3S/c1-2-19-9-8-11(14)12(16)13(17)15-18-10-6-4-3-5-7-10/h3-7,11-12,16H,2,8-9,14H2,1H3,(H,15,17)/t11-,12+/m1/s1. The molecule has 0 aliphatic rings. The number of carbonyl (C=O) groups excluding carboxylic acids is 1. The smallest absolute Gasteiger partial charge is 0.282 e. The van der Waals surface area contributed by atoms with Crippen molar-refractivity contribution in [2.75, 3.05) is 11.5 Å². The van der Waals surface area contributed by atoms with Gasteiger partial charge in [0.2, 0.25) is 0 Å². The zero-order chi connectivity index (χ0) is 14.1. The maximum absolute atomic E-state index is 11.6. The molecule has 19 heavy (non-hydrogen) atoms. The lowest BCUT2D eigenvalue weighted by atomic mass is 10.1. The summed E-state index contributed by atoms with van der Waals surface area (Å²) in [6.07, 6.45) is -0.681. The second-order valence-electron chi connectivity index (χ2n) is 3.98. The molecular weight excluding hydrogens is 264 g/mol. The summed E-state index contributed by atoms with van der Waals surface area (Å²) in [6, 6.07) is 8.22. The fourth-order valence-corrected chi connectivity index (χ4v) is 2.10. The number of nitrogens with two attached hydrogens (primary N) is 1. The lowest BCUT2D eigenvalue weighted by molar-refractivity contribution is -0.137. The molecule has 0 unspecified atom stereocenters.